The van der Waals surface area contributed by atoms with Gasteiger partial charge >= 0.3 is 6.03 Å². The van der Waals surface area contributed by atoms with E-state index in [4.69, 9.17) is 4.74 Å². The number of amides is 3. The molecular formula is C23H22FN3O4. The first kappa shape index (κ1) is 21.8. The van der Waals surface area contributed by atoms with E-state index in [1.165, 1.54) is 18.2 Å². The molecule has 3 amide bonds. The van der Waals surface area contributed by atoms with E-state index in [-0.39, 0.29) is 19.1 Å². The minimum absolute atomic E-state index is 0.0921. The van der Waals surface area contributed by atoms with Crippen LogP contribution in [0, 0.1) is 5.82 Å². The van der Waals surface area contributed by atoms with Crippen molar-refractivity contribution in [2.45, 2.75) is 6.10 Å². The number of aliphatic hydroxyl groups excluding tert-OH is 1. The van der Waals surface area contributed by atoms with Crippen molar-refractivity contribution in [1.29, 1.82) is 0 Å². The monoisotopic (exact) mass is 423 g/mol. The molecular weight excluding hydrogens is 401 g/mol. The highest BCUT2D eigenvalue weighted by molar-refractivity contribution is 5.92. The Balaban J connectivity index is 1.46. The molecule has 0 bridgehead atoms. The normalized spacial score (nSPS) is 11.3. The summed E-state index contributed by atoms with van der Waals surface area (Å²) in [6, 6.07) is 20.6. The third-order valence-corrected chi connectivity index (χ3v) is 4.21. The maximum Gasteiger partial charge on any atom is 0.319 e. The van der Waals surface area contributed by atoms with Crippen LogP contribution in [0.1, 0.15) is 11.7 Å². The number of aliphatic hydroxyl groups is 1. The van der Waals surface area contributed by atoms with Crippen molar-refractivity contribution in [3.8, 4) is 5.75 Å². The predicted molar refractivity (Wildman–Crippen MR) is 115 cm³/mol. The van der Waals surface area contributed by atoms with E-state index in [1.807, 2.05) is 18.2 Å². The van der Waals surface area contributed by atoms with Gasteiger partial charge in [-0.2, -0.15) is 0 Å². The quantitative estimate of drug-likeness (QED) is 0.444. The summed E-state index contributed by atoms with van der Waals surface area (Å²) in [7, 11) is 0. The molecule has 0 radical (unpaired) electrons. The second-order valence-electron chi connectivity index (χ2n) is 6.64. The third kappa shape index (κ3) is 7.13. The van der Waals surface area contributed by atoms with Gasteiger partial charge in [0, 0.05) is 24.0 Å². The molecule has 0 saturated heterocycles. The Kier molecular flexibility index (Phi) is 7.56. The highest BCUT2D eigenvalue weighted by Gasteiger charge is 2.11. The number of para-hydroxylation sites is 1. The minimum atomic E-state index is -1.04. The zero-order chi connectivity index (χ0) is 22.1. The van der Waals surface area contributed by atoms with E-state index in [2.05, 4.69) is 16.0 Å². The Morgan fingerprint density at radius 2 is 1.65 bits per heavy atom. The number of anilines is 2. The molecule has 8 heteroatoms. The van der Waals surface area contributed by atoms with E-state index in [0.29, 0.717) is 22.7 Å². The molecule has 0 spiro atoms. The lowest BCUT2D eigenvalue weighted by molar-refractivity contribution is -0.118. The first-order valence-electron chi connectivity index (χ1n) is 9.56. The molecule has 4 N–H and O–H groups in total. The summed E-state index contributed by atoms with van der Waals surface area (Å²) in [5.41, 5.74) is 1.48. The van der Waals surface area contributed by atoms with Gasteiger partial charge in [0.05, 0.1) is 6.10 Å². The average molecular weight is 423 g/mol. The summed E-state index contributed by atoms with van der Waals surface area (Å²) in [4.78, 5) is 24.1. The SMILES string of the molecule is O=C(COc1cccc(NC(=O)NCC(O)c2cccc(F)c2)c1)Nc1ccccc1. The zero-order valence-corrected chi connectivity index (χ0v) is 16.5. The summed E-state index contributed by atoms with van der Waals surface area (Å²) in [5, 5.41) is 17.9. The highest BCUT2D eigenvalue weighted by Crippen LogP contribution is 2.18. The largest absolute Gasteiger partial charge is 0.484 e. The number of nitrogens with one attached hydrogen (secondary N) is 3. The fourth-order valence-electron chi connectivity index (χ4n) is 2.73. The number of rotatable bonds is 8. The average Bonchev–Trinajstić information content (AvgIpc) is 2.77. The molecule has 0 saturated carbocycles. The first-order valence-corrected chi connectivity index (χ1v) is 9.56. The zero-order valence-electron chi connectivity index (χ0n) is 16.5. The van der Waals surface area contributed by atoms with Crippen LogP contribution < -0.4 is 20.7 Å². The van der Waals surface area contributed by atoms with Crippen LogP contribution in [0.2, 0.25) is 0 Å². The fraction of sp³-hybridized carbons (Fsp3) is 0.130. The first-order chi connectivity index (χ1) is 15.0. The number of urea groups is 1. The molecule has 1 atom stereocenters. The van der Waals surface area contributed by atoms with Crippen LogP contribution in [0.25, 0.3) is 0 Å². The molecule has 3 aromatic carbocycles. The van der Waals surface area contributed by atoms with Crippen LogP contribution in [0.15, 0.2) is 78.9 Å². The van der Waals surface area contributed by atoms with Gasteiger partial charge in [0.25, 0.3) is 5.91 Å². The number of carbonyl (C=O) groups excluding carboxylic acids is 2. The van der Waals surface area contributed by atoms with Crippen LogP contribution in [-0.4, -0.2) is 30.2 Å². The van der Waals surface area contributed by atoms with Crippen LogP contribution in [0.4, 0.5) is 20.6 Å². The molecule has 3 aromatic rings. The smallest absolute Gasteiger partial charge is 0.319 e. The van der Waals surface area contributed by atoms with Gasteiger partial charge < -0.3 is 25.8 Å². The van der Waals surface area contributed by atoms with Gasteiger partial charge in [-0.1, -0.05) is 36.4 Å². The lowest BCUT2D eigenvalue weighted by atomic mass is 10.1. The van der Waals surface area contributed by atoms with Gasteiger partial charge in [0.1, 0.15) is 11.6 Å². The molecule has 0 heterocycles. The Morgan fingerprint density at radius 3 is 2.42 bits per heavy atom. The van der Waals surface area contributed by atoms with Gasteiger partial charge in [-0.25, -0.2) is 9.18 Å². The van der Waals surface area contributed by atoms with Crippen LogP contribution in [0.3, 0.4) is 0 Å². The van der Waals surface area contributed by atoms with Gasteiger partial charge in [-0.05, 0) is 42.0 Å². The van der Waals surface area contributed by atoms with Crippen molar-refractivity contribution < 1.29 is 23.8 Å². The molecule has 7 nitrogen and oxygen atoms in total. The lowest BCUT2D eigenvalue weighted by Crippen LogP contribution is -2.32. The Bertz CT molecular complexity index is 1030. The van der Waals surface area contributed by atoms with Crippen molar-refractivity contribution in [2.75, 3.05) is 23.8 Å². The molecule has 0 aliphatic rings. The van der Waals surface area contributed by atoms with Crippen molar-refractivity contribution in [3.05, 3.63) is 90.2 Å². The molecule has 160 valence electrons. The molecule has 0 aliphatic carbocycles. The van der Waals surface area contributed by atoms with Gasteiger partial charge in [-0.3, -0.25) is 4.79 Å². The van der Waals surface area contributed by atoms with Crippen molar-refractivity contribution in [2.24, 2.45) is 0 Å². The number of hydrogen-bond donors (Lipinski definition) is 4. The van der Waals surface area contributed by atoms with Gasteiger partial charge in [0.15, 0.2) is 6.61 Å². The van der Waals surface area contributed by atoms with Crippen molar-refractivity contribution in [3.63, 3.8) is 0 Å². The molecule has 3 rings (SSSR count). The van der Waals surface area contributed by atoms with E-state index in [1.54, 1.807) is 42.5 Å². The second-order valence-corrected chi connectivity index (χ2v) is 6.64. The maximum absolute atomic E-state index is 13.2. The van der Waals surface area contributed by atoms with Gasteiger partial charge in [-0.15, -0.1) is 0 Å². The summed E-state index contributed by atoms with van der Waals surface area (Å²) in [6.07, 6.45) is -1.04. The summed E-state index contributed by atoms with van der Waals surface area (Å²) < 4.78 is 18.7. The summed E-state index contributed by atoms with van der Waals surface area (Å²) in [6.45, 7) is -0.282. The minimum Gasteiger partial charge on any atom is -0.484 e. The Morgan fingerprint density at radius 1 is 0.903 bits per heavy atom. The standard InChI is InChI=1S/C23H22FN3O4/c24-17-7-4-6-16(12-17)21(28)14-25-23(30)27-19-10-5-11-20(13-19)31-15-22(29)26-18-8-2-1-3-9-18/h1-13,21,28H,14-15H2,(H,26,29)(H2,25,27,30). The van der Waals surface area contributed by atoms with E-state index in [9.17, 15) is 19.1 Å². The maximum atomic E-state index is 13.2. The number of halogens is 1. The number of hydrogen-bond acceptors (Lipinski definition) is 4. The van der Waals surface area contributed by atoms with E-state index >= 15 is 0 Å². The van der Waals surface area contributed by atoms with Crippen molar-refractivity contribution >= 4 is 23.3 Å². The molecule has 31 heavy (non-hydrogen) atoms. The Labute approximate surface area is 178 Å². The van der Waals surface area contributed by atoms with Crippen LogP contribution >= 0.6 is 0 Å². The van der Waals surface area contributed by atoms with Crippen molar-refractivity contribution in [1.82, 2.24) is 5.32 Å². The van der Waals surface area contributed by atoms with E-state index in [0.717, 1.165) is 0 Å². The second kappa shape index (κ2) is 10.7. The topological polar surface area (TPSA) is 99.7 Å². The Hall–Kier alpha value is -3.91. The van der Waals surface area contributed by atoms with E-state index < -0.39 is 18.0 Å². The predicted octanol–water partition coefficient (Wildman–Crippen LogP) is 3.70. The third-order valence-electron chi connectivity index (χ3n) is 4.21. The summed E-state index contributed by atoms with van der Waals surface area (Å²) in [5.74, 6) is -0.371. The van der Waals surface area contributed by atoms with Crippen LogP contribution in [-0.2, 0) is 4.79 Å². The molecule has 1 unspecified atom stereocenters. The molecule has 0 aromatic heterocycles. The van der Waals surface area contributed by atoms with Crippen LogP contribution in [0.5, 0.6) is 5.75 Å². The summed E-state index contributed by atoms with van der Waals surface area (Å²) >= 11 is 0. The highest BCUT2D eigenvalue weighted by atomic mass is 19.1. The number of carbonyl (C=O) groups is 2. The molecule has 0 fully saturated rings. The number of benzene rings is 3. The lowest BCUT2D eigenvalue weighted by Gasteiger charge is -2.13. The fourth-order valence-corrected chi connectivity index (χ4v) is 2.73. The molecule has 0 aliphatic heterocycles. The number of ether oxygens (including phenoxy) is 1. The van der Waals surface area contributed by atoms with Gasteiger partial charge in [0.2, 0.25) is 0 Å².